The van der Waals surface area contributed by atoms with E-state index in [1.54, 1.807) is 42.7 Å². The molecule has 24 N–H and O–H groups in total. The van der Waals surface area contributed by atoms with E-state index in [0.29, 0.717) is 41.3 Å². The van der Waals surface area contributed by atoms with E-state index in [0.717, 1.165) is 10.9 Å². The number of nitrogens with zero attached hydrogens (tertiary/aromatic N) is 3. The molecule has 11 amide bonds. The SMILES string of the molecule is C[C@@H](O)[C@H](NC(=O)[C@H](Cc1c[nH]c2ccccc12)NC(=O)[C@@H]1CCCN1C(=O)[C@@H]1CCCN1C(=O)[C@H](Cc1c[nH]c2ccccc12)NC(=O)[C@H](CCCCN)NC(=O)[C@H](CO)NC(=O)[C@H](CCCN=C(N)N)NC(=O)[C@H](CCC(N)=O)NC(=O)[C@@H](N)CCC(N)=O)C(=O)O. The Morgan fingerprint density at radius 2 is 1.06 bits per heavy atom. The molecule has 2 saturated heterocycles. The van der Waals surface area contributed by atoms with Gasteiger partial charge >= 0.3 is 5.97 Å². The van der Waals surface area contributed by atoms with Crippen LogP contribution in [-0.2, 0) is 70.4 Å². The molecule has 11 atom stereocenters. The molecule has 33 heteroatoms. The fourth-order valence-electron chi connectivity index (χ4n) is 11.4. The van der Waals surface area contributed by atoms with Gasteiger partial charge in [0.1, 0.15) is 48.3 Å². The van der Waals surface area contributed by atoms with Crippen LogP contribution < -0.4 is 71.6 Å². The summed E-state index contributed by atoms with van der Waals surface area (Å²) >= 11 is 0. The number of fused-ring (bicyclic) bond motifs is 2. The van der Waals surface area contributed by atoms with Gasteiger partial charge in [-0.05, 0) is 107 Å². The van der Waals surface area contributed by atoms with Crippen molar-refractivity contribution in [2.75, 3.05) is 32.8 Å². The Hall–Kier alpha value is -9.73. The number of carbonyl (C=O) groups excluding carboxylic acids is 11. The number of guanidine groups is 1. The molecule has 0 bridgehead atoms. The number of primary amides is 2. The normalized spacial score (nSPS) is 17.4. The van der Waals surface area contributed by atoms with Crippen molar-refractivity contribution in [3.8, 4) is 0 Å². The van der Waals surface area contributed by atoms with Gasteiger partial charge < -0.3 is 107 Å². The molecule has 4 heterocycles. The third-order valence-corrected chi connectivity index (χ3v) is 16.5. The highest BCUT2D eigenvalue weighted by molar-refractivity contribution is 6.00. The molecule has 512 valence electrons. The van der Waals surface area contributed by atoms with E-state index in [-0.39, 0.29) is 103 Å². The number of nitrogens with two attached hydrogens (primary N) is 6. The molecule has 0 aliphatic carbocycles. The number of aliphatic carboxylic acids is 1. The van der Waals surface area contributed by atoms with E-state index in [9.17, 15) is 68.1 Å². The number of carboxylic acids is 1. The number of hydrogen-bond donors (Lipinski definition) is 18. The van der Waals surface area contributed by atoms with Gasteiger partial charge in [-0.2, -0.15) is 0 Å². The highest BCUT2D eigenvalue weighted by Crippen LogP contribution is 2.28. The molecular weight excluding hydrogens is 1220 g/mol. The van der Waals surface area contributed by atoms with Gasteiger partial charge in [-0.15, -0.1) is 0 Å². The summed E-state index contributed by atoms with van der Waals surface area (Å²) in [6.45, 7) is 0.444. The van der Waals surface area contributed by atoms with Gasteiger partial charge in [-0.1, -0.05) is 36.4 Å². The van der Waals surface area contributed by atoms with Crippen LogP contribution in [0.25, 0.3) is 21.8 Å². The monoisotopic (exact) mass is 1310 g/mol. The molecule has 0 saturated carbocycles. The van der Waals surface area contributed by atoms with Crippen molar-refractivity contribution >= 4 is 98.7 Å². The van der Waals surface area contributed by atoms with Gasteiger partial charge in [-0.25, -0.2) is 4.79 Å². The van der Waals surface area contributed by atoms with Crippen LogP contribution in [0.2, 0.25) is 0 Å². The summed E-state index contributed by atoms with van der Waals surface area (Å²) in [6.07, 6.45) is 1.80. The van der Waals surface area contributed by atoms with E-state index in [2.05, 4.69) is 52.2 Å². The number of aliphatic hydroxyl groups excluding tert-OH is 2. The fourth-order valence-corrected chi connectivity index (χ4v) is 11.4. The second-order valence-corrected chi connectivity index (χ2v) is 23.5. The lowest BCUT2D eigenvalue weighted by Crippen LogP contribution is -2.61. The molecule has 33 nitrogen and oxygen atoms in total. The summed E-state index contributed by atoms with van der Waals surface area (Å²) in [5.74, 6) is -11.1. The number of amides is 11. The summed E-state index contributed by atoms with van der Waals surface area (Å²) in [6, 6.07) is 0.0279. The number of aliphatic imine (C=N–C) groups is 1. The number of likely N-dealkylation sites (tertiary alicyclic amines) is 2. The number of hydrogen-bond acceptors (Lipinski definition) is 17. The molecule has 4 aromatic rings. The fraction of sp³-hybridized carbons (Fsp3) is 0.525. The molecule has 0 radical (unpaired) electrons. The summed E-state index contributed by atoms with van der Waals surface area (Å²) in [5.41, 5.74) is 35.9. The molecule has 2 aromatic heterocycles. The first-order valence-corrected chi connectivity index (χ1v) is 31.2. The third kappa shape index (κ3) is 20.6. The number of aliphatic hydroxyl groups is 2. The van der Waals surface area contributed by atoms with Crippen molar-refractivity contribution in [2.45, 2.75) is 170 Å². The molecule has 0 spiro atoms. The first-order valence-electron chi connectivity index (χ1n) is 31.2. The lowest BCUT2D eigenvalue weighted by Gasteiger charge is -2.34. The molecule has 6 rings (SSSR count). The zero-order valence-electron chi connectivity index (χ0n) is 52.3. The van der Waals surface area contributed by atoms with E-state index in [1.807, 2.05) is 18.2 Å². The summed E-state index contributed by atoms with van der Waals surface area (Å²) in [5, 5.41) is 49.9. The molecule has 2 fully saturated rings. The number of nitrogens with one attached hydrogen (secondary N) is 9. The Morgan fingerprint density at radius 3 is 1.61 bits per heavy atom. The number of unbranched alkanes of at least 4 members (excludes halogenated alkanes) is 1. The highest BCUT2D eigenvalue weighted by atomic mass is 16.4. The van der Waals surface area contributed by atoms with Crippen LogP contribution in [0, 0.1) is 0 Å². The van der Waals surface area contributed by atoms with Crippen molar-refractivity contribution in [2.24, 2.45) is 39.4 Å². The van der Waals surface area contributed by atoms with Gasteiger partial charge in [0.15, 0.2) is 12.0 Å². The second-order valence-electron chi connectivity index (χ2n) is 23.5. The van der Waals surface area contributed by atoms with Gasteiger partial charge in [0.05, 0.1) is 18.8 Å². The minimum absolute atomic E-state index is 0.0392. The van der Waals surface area contributed by atoms with Crippen LogP contribution in [0.1, 0.15) is 102 Å². The Morgan fingerprint density at radius 1 is 0.585 bits per heavy atom. The predicted molar refractivity (Wildman–Crippen MR) is 341 cm³/mol. The summed E-state index contributed by atoms with van der Waals surface area (Å²) in [7, 11) is 0. The molecule has 2 aliphatic rings. The Balaban J connectivity index is 1.22. The van der Waals surface area contributed by atoms with Crippen molar-refractivity contribution in [3.63, 3.8) is 0 Å². The second kappa shape index (κ2) is 35.3. The average molecular weight is 1310 g/mol. The zero-order valence-corrected chi connectivity index (χ0v) is 52.3. The van der Waals surface area contributed by atoms with Crippen molar-refractivity contribution < 1.29 is 72.9 Å². The van der Waals surface area contributed by atoms with E-state index in [1.165, 1.54) is 16.7 Å². The molecular formula is C61H88N18O15. The number of carbonyl (C=O) groups is 12. The van der Waals surface area contributed by atoms with Crippen LogP contribution in [0.3, 0.4) is 0 Å². The maximum Gasteiger partial charge on any atom is 0.328 e. The summed E-state index contributed by atoms with van der Waals surface area (Å²) < 4.78 is 0. The van der Waals surface area contributed by atoms with E-state index in [4.69, 9.17) is 34.4 Å². The lowest BCUT2D eigenvalue weighted by molar-refractivity contribution is -0.148. The summed E-state index contributed by atoms with van der Waals surface area (Å²) in [4.78, 5) is 177. The van der Waals surface area contributed by atoms with Crippen LogP contribution in [0.15, 0.2) is 65.9 Å². The van der Waals surface area contributed by atoms with Crippen molar-refractivity contribution in [3.05, 3.63) is 72.1 Å². The number of benzene rings is 2. The number of rotatable bonds is 37. The maximum absolute atomic E-state index is 15.3. The van der Waals surface area contributed by atoms with Gasteiger partial charge in [0.25, 0.3) is 0 Å². The topological polar surface area (TPSA) is 556 Å². The third-order valence-electron chi connectivity index (χ3n) is 16.5. The van der Waals surface area contributed by atoms with Crippen molar-refractivity contribution in [1.29, 1.82) is 0 Å². The molecule has 94 heavy (non-hydrogen) atoms. The smallest absolute Gasteiger partial charge is 0.328 e. The molecule has 2 aliphatic heterocycles. The highest BCUT2D eigenvalue weighted by Gasteiger charge is 2.45. The minimum Gasteiger partial charge on any atom is -0.480 e. The Labute approximate surface area is 540 Å². The first kappa shape index (κ1) is 73.3. The van der Waals surface area contributed by atoms with Gasteiger partial charge in [0, 0.05) is 79.5 Å². The van der Waals surface area contributed by atoms with Gasteiger partial charge in [-0.3, -0.25) is 57.7 Å². The maximum atomic E-state index is 15.3. The molecule has 0 unspecified atom stereocenters. The van der Waals surface area contributed by atoms with Crippen LogP contribution in [0.5, 0.6) is 0 Å². The van der Waals surface area contributed by atoms with Crippen molar-refractivity contribution in [1.82, 2.24) is 57.0 Å². The Kier molecular flexibility index (Phi) is 27.6. The minimum atomic E-state index is -1.79. The average Bonchev–Trinajstić information content (AvgIpc) is 1.61. The predicted octanol–water partition coefficient (Wildman–Crippen LogP) is -4.69. The van der Waals surface area contributed by atoms with Crippen LogP contribution in [-0.4, -0.2) is 211 Å². The van der Waals surface area contributed by atoms with E-state index >= 15 is 4.79 Å². The lowest BCUT2D eigenvalue weighted by atomic mass is 10.0. The Bertz CT molecular complexity index is 3390. The first-order chi connectivity index (χ1) is 44.8. The number of para-hydroxylation sites is 2. The number of aromatic nitrogens is 2. The standard InChI is InChI=1S/C61H88N18O15/c1-32(81)50(60(93)94)77-55(88)43(27-33-29-69-38-13-4-2-11-35(33)38)74-57(90)46-17-9-25-78(46)59(92)47-18-10-26-79(47)58(91)44(28-34-30-70-39-14-5-3-12-36(34)39)75-52(85)40(15-6-7-23-62)73-56(89)45(31-80)76-53(86)41(16-8-24-68-61(66)67)72-54(87)42(20-22-49(65)83)71-51(84)37(63)19-21-48(64)82/h2-5,11-14,29-30,32,37,40-47,50,69-70,80-81H,6-10,15-28,31,62-63H2,1H3,(H2,64,82)(H2,65,83)(H,71,84)(H,72,87)(H,73,89)(H,74,90)(H,75,85)(H,76,86)(H,77,88)(H,93,94)(H4,66,67,68)/t32-,37+,40+,41+,42+,43+,44+,45+,46+,47+,50+/m1/s1. The van der Waals surface area contributed by atoms with Crippen LogP contribution >= 0.6 is 0 Å². The quantitative estimate of drug-likeness (QED) is 0.0115. The van der Waals surface area contributed by atoms with Crippen LogP contribution in [0.4, 0.5) is 0 Å². The van der Waals surface area contributed by atoms with E-state index < -0.39 is 150 Å². The zero-order chi connectivity index (χ0) is 68.8. The number of H-pyrrole nitrogens is 2. The molecule has 2 aromatic carbocycles. The largest absolute Gasteiger partial charge is 0.480 e. The number of aromatic amines is 2. The number of carboxylic acid groups (broad SMARTS) is 1. The van der Waals surface area contributed by atoms with Gasteiger partial charge in [0.2, 0.25) is 65.0 Å².